The molecular formula is C14H10INO2. The van der Waals surface area contributed by atoms with Gasteiger partial charge in [0.05, 0.1) is 0 Å². The molecule has 0 N–H and O–H groups in total. The zero-order valence-electron chi connectivity index (χ0n) is 9.47. The molecule has 2 aromatic rings. The molecule has 3 rings (SSSR count). The SMILES string of the molecule is Ic1cc2c(cc1/C=C/c1cccnc1)OCO2. The smallest absolute Gasteiger partial charge is 0.231 e. The van der Waals surface area contributed by atoms with Crippen LogP contribution in [-0.2, 0) is 0 Å². The van der Waals surface area contributed by atoms with Gasteiger partial charge in [0.25, 0.3) is 0 Å². The zero-order valence-corrected chi connectivity index (χ0v) is 11.6. The molecule has 1 aromatic carbocycles. The molecule has 1 aliphatic rings. The van der Waals surface area contributed by atoms with Gasteiger partial charge in [0.1, 0.15) is 0 Å². The van der Waals surface area contributed by atoms with E-state index in [1.165, 1.54) is 0 Å². The molecule has 0 fully saturated rings. The number of pyridine rings is 1. The summed E-state index contributed by atoms with van der Waals surface area (Å²) in [6.07, 6.45) is 7.69. The van der Waals surface area contributed by atoms with E-state index < -0.39 is 0 Å². The molecule has 0 unspecified atom stereocenters. The summed E-state index contributed by atoms with van der Waals surface area (Å²) in [6, 6.07) is 7.93. The van der Waals surface area contributed by atoms with Gasteiger partial charge in [-0.15, -0.1) is 0 Å². The lowest BCUT2D eigenvalue weighted by Gasteiger charge is -2.01. The number of ether oxygens (including phenoxy) is 2. The van der Waals surface area contributed by atoms with Gasteiger partial charge in [-0.3, -0.25) is 4.98 Å². The lowest BCUT2D eigenvalue weighted by atomic mass is 10.1. The maximum atomic E-state index is 5.37. The van der Waals surface area contributed by atoms with Crippen molar-refractivity contribution < 1.29 is 9.47 Å². The summed E-state index contributed by atoms with van der Waals surface area (Å²) in [4.78, 5) is 4.08. The molecule has 0 aliphatic carbocycles. The van der Waals surface area contributed by atoms with E-state index in [-0.39, 0.29) is 0 Å². The number of benzene rings is 1. The Balaban J connectivity index is 1.91. The van der Waals surface area contributed by atoms with Crippen LogP contribution in [-0.4, -0.2) is 11.8 Å². The Hall–Kier alpha value is -1.56. The molecule has 18 heavy (non-hydrogen) atoms. The van der Waals surface area contributed by atoms with Crippen LogP contribution in [0.25, 0.3) is 12.2 Å². The minimum Gasteiger partial charge on any atom is -0.454 e. The molecule has 90 valence electrons. The Bertz CT molecular complexity index is 596. The van der Waals surface area contributed by atoms with Crippen LogP contribution in [0.15, 0.2) is 36.7 Å². The van der Waals surface area contributed by atoms with E-state index in [0.717, 1.165) is 26.2 Å². The second kappa shape index (κ2) is 4.97. The van der Waals surface area contributed by atoms with Gasteiger partial charge in [-0.25, -0.2) is 0 Å². The molecule has 0 atom stereocenters. The number of fused-ring (bicyclic) bond motifs is 1. The van der Waals surface area contributed by atoms with Crippen LogP contribution >= 0.6 is 22.6 Å². The Morgan fingerprint density at radius 1 is 1.17 bits per heavy atom. The van der Waals surface area contributed by atoms with E-state index >= 15 is 0 Å². The first kappa shape index (κ1) is 11.5. The molecule has 0 amide bonds. The van der Waals surface area contributed by atoms with E-state index in [0.29, 0.717) is 6.79 Å². The minimum atomic E-state index is 0.307. The first-order valence-corrected chi connectivity index (χ1v) is 6.58. The number of hydrogen-bond donors (Lipinski definition) is 0. The highest BCUT2D eigenvalue weighted by molar-refractivity contribution is 14.1. The van der Waals surface area contributed by atoms with Crippen molar-refractivity contribution in [3.8, 4) is 11.5 Å². The van der Waals surface area contributed by atoms with E-state index in [9.17, 15) is 0 Å². The quantitative estimate of drug-likeness (QED) is 0.775. The van der Waals surface area contributed by atoms with Gasteiger partial charge in [0, 0.05) is 16.0 Å². The van der Waals surface area contributed by atoms with Crippen molar-refractivity contribution in [2.45, 2.75) is 0 Å². The zero-order chi connectivity index (χ0) is 12.4. The predicted molar refractivity (Wildman–Crippen MR) is 78.4 cm³/mol. The highest BCUT2D eigenvalue weighted by Gasteiger charge is 2.14. The molecule has 1 aliphatic heterocycles. The van der Waals surface area contributed by atoms with E-state index in [2.05, 4.69) is 33.7 Å². The topological polar surface area (TPSA) is 31.4 Å². The number of aromatic nitrogens is 1. The largest absolute Gasteiger partial charge is 0.454 e. The molecule has 0 spiro atoms. The Morgan fingerprint density at radius 2 is 2.00 bits per heavy atom. The third-order valence-corrected chi connectivity index (χ3v) is 3.57. The van der Waals surface area contributed by atoms with Crippen LogP contribution < -0.4 is 9.47 Å². The average molecular weight is 351 g/mol. The van der Waals surface area contributed by atoms with Crippen molar-refractivity contribution >= 4 is 34.7 Å². The van der Waals surface area contributed by atoms with Crippen LogP contribution in [0.1, 0.15) is 11.1 Å². The fraction of sp³-hybridized carbons (Fsp3) is 0.0714. The van der Waals surface area contributed by atoms with E-state index in [1.807, 2.05) is 36.5 Å². The summed E-state index contributed by atoms with van der Waals surface area (Å²) in [5.41, 5.74) is 2.19. The Labute approximate surface area is 119 Å². The van der Waals surface area contributed by atoms with Gasteiger partial charge < -0.3 is 9.47 Å². The maximum Gasteiger partial charge on any atom is 0.231 e. The normalized spacial score (nSPS) is 13.2. The maximum absolute atomic E-state index is 5.37. The number of rotatable bonds is 2. The summed E-state index contributed by atoms with van der Waals surface area (Å²) in [7, 11) is 0. The van der Waals surface area contributed by atoms with Gasteiger partial charge >= 0.3 is 0 Å². The van der Waals surface area contributed by atoms with Gasteiger partial charge in [0.15, 0.2) is 11.5 Å². The summed E-state index contributed by atoms with van der Waals surface area (Å²) in [5, 5.41) is 0. The lowest BCUT2D eigenvalue weighted by Crippen LogP contribution is -1.92. The fourth-order valence-electron chi connectivity index (χ4n) is 1.72. The van der Waals surface area contributed by atoms with Gasteiger partial charge in [-0.05, 0) is 51.9 Å². The number of nitrogens with zero attached hydrogens (tertiary/aromatic N) is 1. The highest BCUT2D eigenvalue weighted by atomic mass is 127. The highest BCUT2D eigenvalue weighted by Crippen LogP contribution is 2.35. The molecule has 0 bridgehead atoms. The molecular weight excluding hydrogens is 341 g/mol. The van der Waals surface area contributed by atoms with Gasteiger partial charge in [-0.2, -0.15) is 0 Å². The van der Waals surface area contributed by atoms with E-state index in [1.54, 1.807) is 6.20 Å². The first-order chi connectivity index (χ1) is 8.83. The van der Waals surface area contributed by atoms with Crippen molar-refractivity contribution in [2.75, 3.05) is 6.79 Å². The first-order valence-electron chi connectivity index (χ1n) is 5.50. The van der Waals surface area contributed by atoms with Crippen molar-refractivity contribution in [2.24, 2.45) is 0 Å². The monoisotopic (exact) mass is 351 g/mol. The summed E-state index contributed by atoms with van der Waals surface area (Å²) >= 11 is 2.29. The average Bonchev–Trinajstić information content (AvgIpc) is 2.84. The predicted octanol–water partition coefficient (Wildman–Crippen LogP) is 3.59. The third kappa shape index (κ3) is 2.33. The third-order valence-electron chi connectivity index (χ3n) is 2.63. The van der Waals surface area contributed by atoms with Gasteiger partial charge in [-0.1, -0.05) is 18.2 Å². The molecule has 2 heterocycles. The van der Waals surface area contributed by atoms with Gasteiger partial charge in [0.2, 0.25) is 6.79 Å². The van der Waals surface area contributed by atoms with Crippen LogP contribution in [0.3, 0.4) is 0 Å². The molecule has 4 heteroatoms. The molecule has 3 nitrogen and oxygen atoms in total. The van der Waals surface area contributed by atoms with Crippen molar-refractivity contribution in [3.05, 3.63) is 51.4 Å². The van der Waals surface area contributed by atoms with Crippen LogP contribution in [0.5, 0.6) is 11.5 Å². The van der Waals surface area contributed by atoms with Crippen LogP contribution in [0.4, 0.5) is 0 Å². The molecule has 0 saturated heterocycles. The minimum absolute atomic E-state index is 0.307. The molecule has 1 aromatic heterocycles. The van der Waals surface area contributed by atoms with Crippen LogP contribution in [0, 0.1) is 3.57 Å². The van der Waals surface area contributed by atoms with Crippen molar-refractivity contribution in [3.63, 3.8) is 0 Å². The molecule has 0 saturated carbocycles. The Kier molecular flexibility index (Phi) is 3.19. The summed E-state index contributed by atoms with van der Waals surface area (Å²) in [6.45, 7) is 0.307. The standard InChI is InChI=1S/C14H10INO2/c15-12-7-14-13(17-9-18-14)6-11(12)4-3-10-2-1-5-16-8-10/h1-8H,9H2/b4-3+. The Morgan fingerprint density at radius 3 is 2.78 bits per heavy atom. The van der Waals surface area contributed by atoms with Crippen molar-refractivity contribution in [1.29, 1.82) is 0 Å². The number of halogens is 1. The second-order valence-corrected chi connectivity index (χ2v) is 5.01. The summed E-state index contributed by atoms with van der Waals surface area (Å²) < 4.78 is 11.8. The molecule has 0 radical (unpaired) electrons. The summed E-state index contributed by atoms with van der Waals surface area (Å²) in [5.74, 6) is 1.62. The lowest BCUT2D eigenvalue weighted by molar-refractivity contribution is 0.174. The fourth-order valence-corrected chi connectivity index (χ4v) is 2.34. The van der Waals surface area contributed by atoms with Crippen LogP contribution in [0.2, 0.25) is 0 Å². The number of hydrogen-bond acceptors (Lipinski definition) is 3. The van der Waals surface area contributed by atoms with E-state index in [4.69, 9.17) is 9.47 Å². The van der Waals surface area contributed by atoms with Crippen molar-refractivity contribution in [1.82, 2.24) is 4.98 Å². The second-order valence-electron chi connectivity index (χ2n) is 3.85.